The summed E-state index contributed by atoms with van der Waals surface area (Å²) in [5, 5.41) is 6.03. The van der Waals surface area contributed by atoms with Crippen molar-refractivity contribution in [3.8, 4) is 11.8 Å². The van der Waals surface area contributed by atoms with Crippen LogP contribution in [0.3, 0.4) is 0 Å². The molecule has 3 heterocycles. The molecule has 0 aromatic heterocycles. The molecular formula is C54H73N7O3. The molecule has 10 nitrogen and oxygen atoms in total. The number of piperidine rings is 2. The molecule has 64 heavy (non-hydrogen) atoms. The fraction of sp³-hybridized carbons (Fsp3) is 0.426. The molecule has 0 saturated carbocycles. The minimum Gasteiger partial charge on any atom is -0.374 e. The van der Waals surface area contributed by atoms with E-state index in [4.69, 9.17) is 4.74 Å². The largest absolute Gasteiger partial charge is 0.374 e. The molecule has 0 radical (unpaired) electrons. The number of ether oxygens (including phenoxy) is 1. The summed E-state index contributed by atoms with van der Waals surface area (Å²) in [6, 6.07) is 22.2. The SMILES string of the molecule is C=CCCC(Nc1cccc(C#CCOC2CCN(C(=O)c3ccc(C4CCN(C/C(C)=C/C(=C)/C(=C\C=NC)c5ccc6c(c5)CNN6)CC4)cc3)CC2)c1)C(=O)NC.CC.CC. The lowest BCUT2D eigenvalue weighted by atomic mass is 9.88. The summed E-state index contributed by atoms with van der Waals surface area (Å²) in [6.07, 6.45) is 13.1. The minimum atomic E-state index is -0.343. The molecule has 342 valence electrons. The second kappa shape index (κ2) is 27.5. The number of amides is 2. The highest BCUT2D eigenvalue weighted by molar-refractivity contribution is 5.94. The number of anilines is 2. The van der Waals surface area contributed by atoms with Crippen LogP contribution in [-0.4, -0.2) is 93.4 Å². The number of carbonyl (C=O) groups is 2. The van der Waals surface area contributed by atoms with Gasteiger partial charge in [-0.25, -0.2) is 5.43 Å². The van der Waals surface area contributed by atoms with Gasteiger partial charge in [-0.05, 0) is 141 Å². The Hall–Kier alpha value is -5.73. The molecule has 3 aliphatic heterocycles. The molecule has 2 fully saturated rings. The zero-order chi connectivity index (χ0) is 46.3. The number of fused-ring (bicyclic) bond motifs is 1. The van der Waals surface area contributed by atoms with Crippen molar-refractivity contribution in [1.29, 1.82) is 0 Å². The van der Waals surface area contributed by atoms with Crippen LogP contribution in [0.15, 0.2) is 114 Å². The van der Waals surface area contributed by atoms with Crippen molar-refractivity contribution < 1.29 is 14.3 Å². The summed E-state index contributed by atoms with van der Waals surface area (Å²) in [6.45, 7) is 23.8. The molecule has 1 atom stereocenters. The number of allylic oxidation sites excluding steroid dienone is 5. The van der Waals surface area contributed by atoms with E-state index in [2.05, 4.69) is 99.7 Å². The van der Waals surface area contributed by atoms with Crippen molar-refractivity contribution in [1.82, 2.24) is 20.5 Å². The molecule has 2 saturated heterocycles. The number of hydrazine groups is 1. The van der Waals surface area contributed by atoms with E-state index in [1.807, 2.05) is 87.4 Å². The summed E-state index contributed by atoms with van der Waals surface area (Å²) >= 11 is 0. The number of likely N-dealkylation sites (tertiary alicyclic amines) is 2. The summed E-state index contributed by atoms with van der Waals surface area (Å²) in [5.74, 6) is 6.83. The third kappa shape index (κ3) is 15.2. The second-order valence-electron chi connectivity index (χ2n) is 15.9. The van der Waals surface area contributed by atoms with Gasteiger partial charge in [0.05, 0.1) is 11.8 Å². The normalized spacial score (nSPS) is 16.1. The lowest BCUT2D eigenvalue weighted by Gasteiger charge is -2.33. The van der Waals surface area contributed by atoms with Crippen molar-refractivity contribution in [3.63, 3.8) is 0 Å². The fourth-order valence-corrected chi connectivity index (χ4v) is 8.22. The van der Waals surface area contributed by atoms with Gasteiger partial charge in [0.2, 0.25) is 5.91 Å². The predicted octanol–water partition coefficient (Wildman–Crippen LogP) is 9.80. The summed E-state index contributed by atoms with van der Waals surface area (Å²) < 4.78 is 6.09. The molecule has 10 heteroatoms. The van der Waals surface area contributed by atoms with Crippen molar-refractivity contribution >= 4 is 35.0 Å². The van der Waals surface area contributed by atoms with E-state index in [1.54, 1.807) is 14.1 Å². The van der Waals surface area contributed by atoms with Crippen molar-refractivity contribution in [2.45, 2.75) is 97.8 Å². The van der Waals surface area contributed by atoms with Crippen LogP contribution in [0, 0.1) is 11.8 Å². The second-order valence-corrected chi connectivity index (χ2v) is 15.9. The highest BCUT2D eigenvalue weighted by Gasteiger charge is 2.25. The Bertz CT molecular complexity index is 2130. The molecule has 0 aliphatic carbocycles. The van der Waals surface area contributed by atoms with Crippen LogP contribution in [0.1, 0.15) is 112 Å². The van der Waals surface area contributed by atoms with Gasteiger partial charge in [0, 0.05) is 63.3 Å². The first-order valence-corrected chi connectivity index (χ1v) is 23.3. The Morgan fingerprint density at radius 3 is 2.38 bits per heavy atom. The molecule has 2 amide bonds. The fourth-order valence-electron chi connectivity index (χ4n) is 8.22. The van der Waals surface area contributed by atoms with Crippen LogP contribution in [0.4, 0.5) is 11.4 Å². The van der Waals surface area contributed by atoms with E-state index in [9.17, 15) is 9.59 Å². The van der Waals surface area contributed by atoms with E-state index >= 15 is 0 Å². The first-order chi connectivity index (χ1) is 31.2. The van der Waals surface area contributed by atoms with E-state index < -0.39 is 0 Å². The first kappa shape index (κ1) is 50.9. The quantitative estimate of drug-likeness (QED) is 0.0492. The number of nitrogens with zero attached hydrogens (tertiary/aromatic N) is 3. The number of likely N-dealkylation sites (N-methyl/N-ethyl adjacent to an activating group) is 1. The number of hydrogen-bond donors (Lipinski definition) is 4. The zero-order valence-electron chi connectivity index (χ0n) is 39.6. The predicted molar refractivity (Wildman–Crippen MR) is 269 cm³/mol. The highest BCUT2D eigenvalue weighted by atomic mass is 16.5. The van der Waals surface area contributed by atoms with Crippen LogP contribution in [0.5, 0.6) is 0 Å². The maximum atomic E-state index is 13.5. The maximum absolute atomic E-state index is 13.5. The molecular weight excluding hydrogens is 795 g/mol. The Morgan fingerprint density at radius 1 is 0.969 bits per heavy atom. The molecule has 4 N–H and O–H groups in total. The van der Waals surface area contributed by atoms with Gasteiger partial charge in [-0.15, -0.1) is 6.58 Å². The summed E-state index contributed by atoms with van der Waals surface area (Å²) in [7, 11) is 3.43. The van der Waals surface area contributed by atoms with Crippen LogP contribution < -0.4 is 21.5 Å². The monoisotopic (exact) mass is 868 g/mol. The lowest BCUT2D eigenvalue weighted by Crippen LogP contribution is -2.41. The topological polar surface area (TPSA) is 110 Å². The third-order valence-corrected chi connectivity index (χ3v) is 11.5. The number of hydrogen-bond acceptors (Lipinski definition) is 8. The first-order valence-electron chi connectivity index (χ1n) is 23.3. The minimum absolute atomic E-state index is 0.0573. The van der Waals surface area contributed by atoms with Gasteiger partial charge < -0.3 is 25.7 Å². The van der Waals surface area contributed by atoms with Crippen LogP contribution in [0.2, 0.25) is 0 Å². The van der Waals surface area contributed by atoms with E-state index in [1.165, 1.54) is 16.7 Å². The highest BCUT2D eigenvalue weighted by Crippen LogP contribution is 2.31. The Morgan fingerprint density at radius 2 is 1.69 bits per heavy atom. The van der Waals surface area contributed by atoms with Gasteiger partial charge in [-0.1, -0.05) is 88.1 Å². The van der Waals surface area contributed by atoms with Gasteiger partial charge in [0.15, 0.2) is 0 Å². The molecule has 0 bridgehead atoms. The van der Waals surface area contributed by atoms with Gasteiger partial charge in [0.1, 0.15) is 12.6 Å². The van der Waals surface area contributed by atoms with Crippen molar-refractivity contribution in [2.24, 2.45) is 4.99 Å². The average Bonchev–Trinajstić information content (AvgIpc) is 3.82. The van der Waals surface area contributed by atoms with Gasteiger partial charge in [-0.2, -0.15) is 0 Å². The van der Waals surface area contributed by atoms with Gasteiger partial charge >= 0.3 is 0 Å². The van der Waals surface area contributed by atoms with Crippen molar-refractivity contribution in [2.75, 3.05) is 64.2 Å². The van der Waals surface area contributed by atoms with Gasteiger partial charge in [0.25, 0.3) is 5.91 Å². The van der Waals surface area contributed by atoms with Crippen molar-refractivity contribution in [3.05, 3.63) is 137 Å². The smallest absolute Gasteiger partial charge is 0.253 e. The number of nitrogens with one attached hydrogen (secondary N) is 4. The maximum Gasteiger partial charge on any atom is 0.253 e. The van der Waals surface area contributed by atoms with E-state index in [0.717, 1.165) is 97.5 Å². The molecule has 0 spiro atoms. The summed E-state index contributed by atoms with van der Waals surface area (Å²) in [5.41, 5.74) is 17.0. The molecule has 3 aliphatic rings. The third-order valence-electron chi connectivity index (χ3n) is 11.5. The number of rotatable bonds is 16. The Balaban J connectivity index is 0.00000218. The number of aliphatic imine (C=N–C) groups is 1. The standard InChI is InChI=1S/C50H61N7O3.2C2H6/c1-6-7-13-48(49(58)52-5)54-44-12-8-10-38(32-44)11-9-30-60-45-23-28-57(29-24-45)50(59)41-16-14-39(15-17-41)40-21-26-56(27-22-40)35-36(2)31-37(3)46(20-25-51-4)42-18-19-47-43(33-42)34-53-55-47;2*1-2/h6,8,10,12,14-20,25,31-33,40,45,48,53-55H,1,3,7,13,21-24,26-30,34-35H2,2,4-5H3,(H,52,58);2*1-2H3/b36-31+,46-20+,51-25?;;. The molecule has 6 rings (SSSR count). The van der Waals surface area contributed by atoms with Gasteiger partial charge in [-0.3, -0.25) is 19.5 Å². The van der Waals surface area contributed by atoms with E-state index in [-0.39, 0.29) is 24.0 Å². The lowest BCUT2D eigenvalue weighted by molar-refractivity contribution is -0.121. The summed E-state index contributed by atoms with van der Waals surface area (Å²) in [4.78, 5) is 34.4. The Labute approximate surface area is 384 Å². The van der Waals surface area contributed by atoms with Crippen LogP contribution in [0.25, 0.3) is 5.57 Å². The zero-order valence-corrected chi connectivity index (χ0v) is 39.6. The molecule has 1 unspecified atom stereocenters. The molecule has 3 aromatic carbocycles. The van der Waals surface area contributed by atoms with Crippen LogP contribution >= 0.6 is 0 Å². The van der Waals surface area contributed by atoms with E-state index in [0.29, 0.717) is 32.0 Å². The number of carbonyl (C=O) groups excluding carboxylic acids is 2. The van der Waals surface area contributed by atoms with Crippen LogP contribution in [-0.2, 0) is 16.1 Å². The number of benzene rings is 3. The molecule has 3 aromatic rings. The Kier molecular flexibility index (Phi) is 21.8. The average molecular weight is 868 g/mol.